The summed E-state index contributed by atoms with van der Waals surface area (Å²) in [5.74, 6) is 1.59. The van der Waals surface area contributed by atoms with Crippen molar-refractivity contribution in [1.29, 1.82) is 0 Å². The van der Waals surface area contributed by atoms with E-state index in [1.807, 2.05) is 24.3 Å². The van der Waals surface area contributed by atoms with Crippen LogP contribution in [0.2, 0.25) is 5.02 Å². The second-order valence-electron chi connectivity index (χ2n) is 6.39. The van der Waals surface area contributed by atoms with E-state index in [4.69, 9.17) is 16.1 Å². The fraction of sp³-hybridized carbons (Fsp3) is 0.474. The topological polar surface area (TPSA) is 65.7 Å². The molecule has 1 unspecified atom stereocenters. The number of hydrogen-bond acceptors (Lipinski definition) is 4. The summed E-state index contributed by atoms with van der Waals surface area (Å²) in [5, 5.41) is 11.6. The summed E-state index contributed by atoms with van der Waals surface area (Å²) in [6.07, 6.45) is 1.92. The average molecular weight is 376 g/mol. The Morgan fingerprint density at radius 2 is 2.27 bits per heavy atom. The van der Waals surface area contributed by atoms with Crippen molar-refractivity contribution in [3.05, 3.63) is 46.8 Å². The van der Waals surface area contributed by atoms with Crippen LogP contribution in [-0.4, -0.2) is 36.8 Å². The fourth-order valence-corrected chi connectivity index (χ4v) is 3.24. The van der Waals surface area contributed by atoms with Crippen molar-refractivity contribution in [3.8, 4) is 0 Å². The Balaban J connectivity index is 1.58. The van der Waals surface area contributed by atoms with Gasteiger partial charge in [0.25, 0.3) is 0 Å². The van der Waals surface area contributed by atoms with Gasteiger partial charge in [-0.3, -0.25) is 0 Å². The van der Waals surface area contributed by atoms with E-state index in [1.165, 1.54) is 0 Å². The van der Waals surface area contributed by atoms with Crippen LogP contribution >= 0.6 is 11.6 Å². The summed E-state index contributed by atoms with van der Waals surface area (Å²) >= 11 is 6.11. The van der Waals surface area contributed by atoms with Gasteiger partial charge in [-0.1, -0.05) is 29.7 Å². The van der Waals surface area contributed by atoms with E-state index in [0.29, 0.717) is 12.6 Å². The van der Waals surface area contributed by atoms with Crippen LogP contribution in [0.3, 0.4) is 0 Å². The molecule has 0 aliphatic carbocycles. The Bertz CT molecular complexity index is 745. The SMILES string of the molecule is CCNC(=NCc1cc(CC)no1)NC1CCN(c2cccc(Cl)c2)C1. The summed E-state index contributed by atoms with van der Waals surface area (Å²) in [7, 11) is 0. The van der Waals surface area contributed by atoms with Crippen LogP contribution in [0.15, 0.2) is 39.8 Å². The lowest BCUT2D eigenvalue weighted by Crippen LogP contribution is -2.44. The third kappa shape index (κ3) is 4.91. The first-order valence-corrected chi connectivity index (χ1v) is 9.55. The molecule has 0 saturated carbocycles. The maximum absolute atomic E-state index is 6.11. The number of nitrogens with one attached hydrogen (secondary N) is 2. The van der Waals surface area contributed by atoms with E-state index in [-0.39, 0.29) is 0 Å². The molecule has 6 nitrogen and oxygen atoms in total. The number of anilines is 1. The minimum Gasteiger partial charge on any atom is -0.369 e. The van der Waals surface area contributed by atoms with Gasteiger partial charge in [0.05, 0.1) is 5.69 Å². The minimum atomic E-state index is 0.340. The van der Waals surface area contributed by atoms with Gasteiger partial charge in [0.15, 0.2) is 11.7 Å². The van der Waals surface area contributed by atoms with Gasteiger partial charge < -0.3 is 20.1 Å². The average Bonchev–Trinajstić information content (AvgIpc) is 3.29. The van der Waals surface area contributed by atoms with Gasteiger partial charge in [0.2, 0.25) is 0 Å². The first kappa shape index (κ1) is 18.6. The zero-order valence-corrected chi connectivity index (χ0v) is 16.1. The highest BCUT2D eigenvalue weighted by molar-refractivity contribution is 6.30. The van der Waals surface area contributed by atoms with Gasteiger partial charge in [-0.05, 0) is 38.0 Å². The zero-order valence-electron chi connectivity index (χ0n) is 15.3. The van der Waals surface area contributed by atoms with Gasteiger partial charge in [-0.2, -0.15) is 0 Å². The third-order valence-corrected chi connectivity index (χ3v) is 4.64. The van der Waals surface area contributed by atoms with Gasteiger partial charge in [-0.25, -0.2) is 4.99 Å². The van der Waals surface area contributed by atoms with Gasteiger partial charge in [-0.15, -0.1) is 0 Å². The molecule has 1 fully saturated rings. The predicted molar refractivity (Wildman–Crippen MR) is 106 cm³/mol. The maximum atomic E-state index is 6.11. The van der Waals surface area contributed by atoms with Crippen molar-refractivity contribution in [2.45, 2.75) is 39.3 Å². The molecule has 1 atom stereocenters. The maximum Gasteiger partial charge on any atom is 0.191 e. The fourth-order valence-electron chi connectivity index (χ4n) is 3.05. The second kappa shape index (κ2) is 8.94. The standard InChI is InChI=1S/C19H26ClN5O/c1-3-15-11-18(26-24-15)12-22-19(21-4-2)23-16-8-9-25(13-16)17-7-5-6-14(20)10-17/h5-7,10-11,16H,3-4,8-9,12-13H2,1-2H3,(H2,21,22,23). The summed E-state index contributed by atoms with van der Waals surface area (Å²) in [4.78, 5) is 6.97. The zero-order chi connectivity index (χ0) is 18.4. The summed E-state index contributed by atoms with van der Waals surface area (Å²) in [6, 6.07) is 10.3. The van der Waals surface area contributed by atoms with Crippen LogP contribution in [0.5, 0.6) is 0 Å². The number of benzene rings is 1. The minimum absolute atomic E-state index is 0.340. The highest BCUT2D eigenvalue weighted by Crippen LogP contribution is 2.23. The number of aromatic nitrogens is 1. The van der Waals surface area contributed by atoms with Crippen molar-refractivity contribution in [2.75, 3.05) is 24.5 Å². The lowest BCUT2D eigenvalue weighted by Gasteiger charge is -2.20. The van der Waals surface area contributed by atoms with Crippen LogP contribution in [0.1, 0.15) is 31.7 Å². The predicted octanol–water partition coefficient (Wildman–Crippen LogP) is 3.22. The quantitative estimate of drug-likeness (QED) is 0.599. The highest BCUT2D eigenvalue weighted by Gasteiger charge is 2.23. The molecule has 2 N–H and O–H groups in total. The molecule has 0 amide bonds. The second-order valence-corrected chi connectivity index (χ2v) is 6.83. The van der Waals surface area contributed by atoms with Gasteiger partial charge in [0.1, 0.15) is 6.54 Å². The van der Waals surface area contributed by atoms with Gasteiger partial charge >= 0.3 is 0 Å². The van der Waals surface area contributed by atoms with Crippen LogP contribution in [0, 0.1) is 0 Å². The molecule has 26 heavy (non-hydrogen) atoms. The van der Waals surface area contributed by atoms with E-state index in [1.54, 1.807) is 0 Å². The van der Waals surface area contributed by atoms with Crippen molar-refractivity contribution < 1.29 is 4.52 Å². The Hall–Kier alpha value is -2.21. The number of aliphatic imine (C=N–C) groups is 1. The molecular formula is C19H26ClN5O. The highest BCUT2D eigenvalue weighted by atomic mass is 35.5. The Morgan fingerprint density at radius 3 is 3.00 bits per heavy atom. The number of nitrogens with zero attached hydrogens (tertiary/aromatic N) is 3. The number of hydrogen-bond donors (Lipinski definition) is 2. The third-order valence-electron chi connectivity index (χ3n) is 4.41. The summed E-state index contributed by atoms with van der Waals surface area (Å²) in [5.41, 5.74) is 2.12. The largest absolute Gasteiger partial charge is 0.369 e. The molecule has 1 aliphatic rings. The molecule has 1 aromatic heterocycles. The first-order valence-electron chi connectivity index (χ1n) is 9.17. The van der Waals surface area contributed by atoms with Crippen molar-refractivity contribution in [1.82, 2.24) is 15.8 Å². The number of halogens is 1. The van der Waals surface area contributed by atoms with Crippen LogP contribution in [0.4, 0.5) is 5.69 Å². The van der Waals surface area contributed by atoms with E-state index in [2.05, 4.69) is 45.6 Å². The number of aryl methyl sites for hydroxylation is 1. The first-order chi connectivity index (χ1) is 12.7. The van der Waals surface area contributed by atoms with Crippen molar-refractivity contribution >= 4 is 23.2 Å². The van der Waals surface area contributed by atoms with E-state index < -0.39 is 0 Å². The molecule has 2 heterocycles. The van der Waals surface area contributed by atoms with Crippen LogP contribution < -0.4 is 15.5 Å². The molecule has 0 radical (unpaired) electrons. The van der Waals surface area contributed by atoms with E-state index >= 15 is 0 Å². The Labute approximate surface area is 159 Å². The summed E-state index contributed by atoms with van der Waals surface area (Å²) < 4.78 is 5.31. The molecule has 1 aliphatic heterocycles. The lowest BCUT2D eigenvalue weighted by atomic mass is 10.2. The summed E-state index contributed by atoms with van der Waals surface area (Å²) in [6.45, 7) is 7.34. The van der Waals surface area contributed by atoms with Crippen LogP contribution in [0.25, 0.3) is 0 Å². The molecule has 1 saturated heterocycles. The molecule has 0 spiro atoms. The van der Waals surface area contributed by atoms with E-state index in [9.17, 15) is 0 Å². The van der Waals surface area contributed by atoms with E-state index in [0.717, 1.165) is 60.6 Å². The lowest BCUT2D eigenvalue weighted by molar-refractivity contribution is 0.379. The normalized spacial score (nSPS) is 17.6. The Kier molecular flexibility index (Phi) is 6.39. The van der Waals surface area contributed by atoms with Crippen molar-refractivity contribution in [2.24, 2.45) is 4.99 Å². The smallest absolute Gasteiger partial charge is 0.191 e. The van der Waals surface area contributed by atoms with Gasteiger partial charge in [0, 0.05) is 42.5 Å². The number of rotatable bonds is 6. The molecule has 7 heteroatoms. The molecular weight excluding hydrogens is 350 g/mol. The molecule has 140 valence electrons. The Morgan fingerprint density at radius 1 is 1.38 bits per heavy atom. The monoisotopic (exact) mass is 375 g/mol. The molecule has 3 rings (SSSR count). The van der Waals surface area contributed by atoms with Crippen molar-refractivity contribution in [3.63, 3.8) is 0 Å². The van der Waals surface area contributed by atoms with Crippen LogP contribution in [-0.2, 0) is 13.0 Å². The number of guanidine groups is 1. The molecule has 1 aromatic carbocycles. The molecule has 0 bridgehead atoms. The molecule has 2 aromatic rings.